The molecule has 0 saturated heterocycles. The van der Waals surface area contributed by atoms with Crippen molar-refractivity contribution in [3.63, 3.8) is 0 Å². The van der Waals surface area contributed by atoms with Gasteiger partial charge in [-0.25, -0.2) is 14.8 Å². The van der Waals surface area contributed by atoms with Gasteiger partial charge in [-0.05, 0) is 5.92 Å². The van der Waals surface area contributed by atoms with Crippen LogP contribution in [0.2, 0.25) is 0 Å². The van der Waals surface area contributed by atoms with Crippen LogP contribution < -0.4 is 16.4 Å². The molecule has 0 aliphatic carbocycles. The Kier molecular flexibility index (Phi) is 5.16. The van der Waals surface area contributed by atoms with Gasteiger partial charge in [0.25, 0.3) is 0 Å². The number of amides is 1. The Bertz CT molecular complexity index is 408. The van der Waals surface area contributed by atoms with Gasteiger partial charge in [0, 0.05) is 12.6 Å². The summed E-state index contributed by atoms with van der Waals surface area (Å²) in [4.78, 5) is 18.8. The van der Waals surface area contributed by atoms with Crippen molar-refractivity contribution in [2.75, 3.05) is 30.8 Å². The summed E-state index contributed by atoms with van der Waals surface area (Å²) in [6.07, 6.45) is 0.703. The molecule has 1 heterocycles. The molecule has 0 spiro atoms. The molecule has 0 aromatic carbocycles. The fraction of sp³-hybridized carbons (Fsp3) is 0.545. The Morgan fingerprint density at radius 1 is 1.44 bits per heavy atom. The van der Waals surface area contributed by atoms with E-state index >= 15 is 0 Å². The third-order valence-corrected chi connectivity index (χ3v) is 2.34. The average Bonchev–Trinajstić information content (AvgIpc) is 2.33. The normalized spacial score (nSPS) is 10.2. The van der Waals surface area contributed by atoms with Gasteiger partial charge in [0.15, 0.2) is 0 Å². The number of aromatic nitrogens is 2. The van der Waals surface area contributed by atoms with Crippen LogP contribution in [0.4, 0.5) is 16.4 Å². The fourth-order valence-electron chi connectivity index (χ4n) is 1.60. The zero-order chi connectivity index (χ0) is 13.5. The lowest BCUT2D eigenvalue weighted by Gasteiger charge is -2.16. The first kappa shape index (κ1) is 14.0. The summed E-state index contributed by atoms with van der Waals surface area (Å²) in [6.45, 7) is 4.77. The van der Waals surface area contributed by atoms with E-state index in [0.29, 0.717) is 6.54 Å². The first-order valence-electron chi connectivity index (χ1n) is 5.75. The predicted octanol–water partition coefficient (Wildman–Crippen LogP) is 1.15. The number of rotatable bonds is 6. The Morgan fingerprint density at radius 2 is 2.11 bits per heavy atom. The van der Waals surface area contributed by atoms with Crippen LogP contribution in [-0.4, -0.2) is 36.3 Å². The van der Waals surface area contributed by atoms with Crippen molar-refractivity contribution in [2.24, 2.45) is 5.73 Å². The van der Waals surface area contributed by atoms with Gasteiger partial charge in [0.1, 0.15) is 24.6 Å². The molecule has 1 amide bonds. The van der Waals surface area contributed by atoms with Gasteiger partial charge in [-0.3, -0.25) is 0 Å². The van der Waals surface area contributed by atoms with Crippen molar-refractivity contribution in [1.29, 1.82) is 0 Å². The summed E-state index contributed by atoms with van der Waals surface area (Å²) < 4.78 is 4.64. The number of hydrogen-bond acceptors (Lipinski definition) is 6. The summed E-state index contributed by atoms with van der Waals surface area (Å²) in [7, 11) is 1.81. The van der Waals surface area contributed by atoms with E-state index in [2.05, 4.69) is 39.2 Å². The lowest BCUT2D eigenvalue weighted by Crippen LogP contribution is -2.19. The van der Waals surface area contributed by atoms with Crippen molar-refractivity contribution in [3.05, 3.63) is 11.9 Å². The standard InChI is InChI=1S/C11H19N5O2/c1-7(2)8-9(13-3)15-6-16-10(8)14-4-5-18-11(12)17/h6-7H,4-5H2,1-3H3,(H2,12,17)(H2,13,14,15,16). The molecule has 0 atom stereocenters. The summed E-state index contributed by atoms with van der Waals surface area (Å²) in [5.41, 5.74) is 5.87. The van der Waals surface area contributed by atoms with Crippen LogP contribution in [-0.2, 0) is 4.74 Å². The Balaban J connectivity index is 2.72. The molecule has 18 heavy (non-hydrogen) atoms. The van der Waals surface area contributed by atoms with Crippen LogP contribution in [0.3, 0.4) is 0 Å². The van der Waals surface area contributed by atoms with Crippen molar-refractivity contribution >= 4 is 17.7 Å². The van der Waals surface area contributed by atoms with Crippen LogP contribution in [0.5, 0.6) is 0 Å². The highest BCUT2D eigenvalue weighted by Crippen LogP contribution is 2.27. The number of carbonyl (C=O) groups is 1. The summed E-state index contributed by atoms with van der Waals surface area (Å²) >= 11 is 0. The Hall–Kier alpha value is -2.05. The molecule has 0 fully saturated rings. The SMILES string of the molecule is CNc1ncnc(NCCOC(N)=O)c1C(C)C. The van der Waals surface area contributed by atoms with Crippen LogP contribution in [0.1, 0.15) is 25.3 Å². The van der Waals surface area contributed by atoms with Gasteiger partial charge in [-0.15, -0.1) is 0 Å². The van der Waals surface area contributed by atoms with Crippen molar-refractivity contribution < 1.29 is 9.53 Å². The van der Waals surface area contributed by atoms with Crippen LogP contribution in [0.25, 0.3) is 0 Å². The molecular weight excluding hydrogens is 234 g/mol. The monoisotopic (exact) mass is 253 g/mol. The van der Waals surface area contributed by atoms with E-state index in [-0.39, 0.29) is 12.5 Å². The molecular formula is C11H19N5O2. The second-order valence-corrected chi connectivity index (χ2v) is 3.98. The molecule has 1 aromatic heterocycles. The highest BCUT2D eigenvalue weighted by molar-refractivity contribution is 5.64. The summed E-state index contributed by atoms with van der Waals surface area (Å²) in [5, 5.41) is 6.13. The number of nitrogens with two attached hydrogens (primary N) is 1. The number of nitrogens with zero attached hydrogens (tertiary/aromatic N) is 2. The molecule has 7 heteroatoms. The highest BCUT2D eigenvalue weighted by atomic mass is 16.5. The van der Waals surface area contributed by atoms with Crippen LogP contribution in [0, 0.1) is 0 Å². The van der Waals surface area contributed by atoms with Crippen molar-refractivity contribution in [2.45, 2.75) is 19.8 Å². The van der Waals surface area contributed by atoms with E-state index in [9.17, 15) is 4.79 Å². The molecule has 0 bridgehead atoms. The Labute approximate surface area is 106 Å². The minimum atomic E-state index is -0.778. The lowest BCUT2D eigenvalue weighted by molar-refractivity contribution is 0.161. The number of carbonyl (C=O) groups excluding carboxylic acids is 1. The fourth-order valence-corrected chi connectivity index (χ4v) is 1.60. The largest absolute Gasteiger partial charge is 0.448 e. The van der Waals surface area contributed by atoms with Crippen LogP contribution >= 0.6 is 0 Å². The third kappa shape index (κ3) is 3.76. The molecule has 0 aliphatic heterocycles. The zero-order valence-corrected chi connectivity index (χ0v) is 10.9. The van der Waals surface area contributed by atoms with Gasteiger partial charge in [0.05, 0.1) is 6.54 Å². The van der Waals surface area contributed by atoms with Crippen LogP contribution in [0.15, 0.2) is 6.33 Å². The molecule has 0 aliphatic rings. The lowest BCUT2D eigenvalue weighted by atomic mass is 10.0. The maximum absolute atomic E-state index is 10.4. The molecule has 0 radical (unpaired) electrons. The quantitative estimate of drug-likeness (QED) is 0.657. The minimum Gasteiger partial charge on any atom is -0.448 e. The Morgan fingerprint density at radius 3 is 2.67 bits per heavy atom. The average molecular weight is 253 g/mol. The molecule has 0 saturated carbocycles. The van der Waals surface area contributed by atoms with E-state index in [0.717, 1.165) is 17.2 Å². The topological polar surface area (TPSA) is 102 Å². The molecule has 1 aromatic rings. The number of primary amides is 1. The molecule has 1 rings (SSSR count). The van der Waals surface area contributed by atoms with Crippen molar-refractivity contribution in [3.8, 4) is 0 Å². The van der Waals surface area contributed by atoms with E-state index < -0.39 is 6.09 Å². The van der Waals surface area contributed by atoms with E-state index in [4.69, 9.17) is 5.73 Å². The summed E-state index contributed by atoms with van der Waals surface area (Å²) in [5.74, 6) is 1.80. The second kappa shape index (κ2) is 6.63. The highest BCUT2D eigenvalue weighted by Gasteiger charge is 2.13. The molecule has 100 valence electrons. The summed E-state index contributed by atoms with van der Waals surface area (Å²) in [6, 6.07) is 0. The van der Waals surface area contributed by atoms with Gasteiger partial charge in [0.2, 0.25) is 0 Å². The maximum Gasteiger partial charge on any atom is 0.404 e. The van der Waals surface area contributed by atoms with E-state index in [1.54, 1.807) is 0 Å². The van der Waals surface area contributed by atoms with Gasteiger partial charge < -0.3 is 21.1 Å². The second-order valence-electron chi connectivity index (χ2n) is 3.98. The first-order chi connectivity index (χ1) is 8.56. The minimum absolute atomic E-state index is 0.200. The van der Waals surface area contributed by atoms with Gasteiger partial charge >= 0.3 is 6.09 Å². The van der Waals surface area contributed by atoms with Gasteiger partial charge in [-0.1, -0.05) is 13.8 Å². The first-order valence-corrected chi connectivity index (χ1v) is 5.75. The van der Waals surface area contributed by atoms with Gasteiger partial charge in [-0.2, -0.15) is 0 Å². The zero-order valence-electron chi connectivity index (χ0n) is 10.9. The number of hydrogen-bond donors (Lipinski definition) is 3. The third-order valence-electron chi connectivity index (χ3n) is 2.34. The molecule has 0 unspecified atom stereocenters. The number of anilines is 2. The number of ether oxygens (including phenoxy) is 1. The maximum atomic E-state index is 10.4. The smallest absolute Gasteiger partial charge is 0.404 e. The molecule has 7 nitrogen and oxygen atoms in total. The molecule has 4 N–H and O–H groups in total. The number of nitrogens with one attached hydrogen (secondary N) is 2. The van der Waals surface area contributed by atoms with E-state index in [1.807, 2.05) is 7.05 Å². The predicted molar refractivity (Wildman–Crippen MR) is 69.7 cm³/mol. The van der Waals surface area contributed by atoms with E-state index in [1.165, 1.54) is 6.33 Å². The van der Waals surface area contributed by atoms with Crippen molar-refractivity contribution in [1.82, 2.24) is 9.97 Å².